The smallest absolute Gasteiger partial charge is 0.115 e. The zero-order chi connectivity index (χ0) is 9.31. The molecule has 2 unspecified atom stereocenters. The predicted molar refractivity (Wildman–Crippen MR) is 48.9 cm³/mol. The zero-order valence-corrected chi connectivity index (χ0v) is 7.77. The van der Waals surface area contributed by atoms with Crippen molar-refractivity contribution in [2.45, 2.75) is 31.8 Å². The molecule has 3 nitrogen and oxygen atoms in total. The van der Waals surface area contributed by atoms with Crippen molar-refractivity contribution >= 4 is 0 Å². The van der Waals surface area contributed by atoms with Gasteiger partial charge in [0.05, 0.1) is 5.60 Å². The number of nitrogens with zero attached hydrogens (tertiary/aromatic N) is 2. The van der Waals surface area contributed by atoms with Crippen LogP contribution >= 0.6 is 0 Å². The maximum absolute atomic E-state index is 10.1. The Morgan fingerprint density at radius 3 is 2.85 bits per heavy atom. The molecule has 1 aliphatic carbocycles. The molecule has 1 aromatic rings. The van der Waals surface area contributed by atoms with Gasteiger partial charge in [-0.15, -0.1) is 0 Å². The number of hydrogen-bond donors (Lipinski definition) is 1. The molecule has 3 heteroatoms. The van der Waals surface area contributed by atoms with Crippen molar-refractivity contribution in [2.75, 3.05) is 0 Å². The second-order valence-electron chi connectivity index (χ2n) is 3.74. The fourth-order valence-electron chi connectivity index (χ4n) is 1.88. The first-order valence-corrected chi connectivity index (χ1v) is 4.75. The van der Waals surface area contributed by atoms with Crippen molar-refractivity contribution in [2.24, 2.45) is 5.92 Å². The van der Waals surface area contributed by atoms with Gasteiger partial charge in [-0.25, -0.2) is 9.97 Å². The van der Waals surface area contributed by atoms with Crippen LogP contribution in [0.4, 0.5) is 0 Å². The molecule has 1 heterocycles. The van der Waals surface area contributed by atoms with Crippen LogP contribution in [0.5, 0.6) is 0 Å². The summed E-state index contributed by atoms with van der Waals surface area (Å²) in [6.07, 6.45) is 8.00. The number of hydrogen-bond acceptors (Lipinski definition) is 3. The third-order valence-corrected chi connectivity index (χ3v) is 2.77. The summed E-state index contributed by atoms with van der Waals surface area (Å²) < 4.78 is 0. The van der Waals surface area contributed by atoms with E-state index in [9.17, 15) is 5.11 Å². The van der Waals surface area contributed by atoms with Gasteiger partial charge in [-0.2, -0.15) is 0 Å². The molecule has 0 aromatic carbocycles. The number of aliphatic hydroxyl groups is 1. The minimum atomic E-state index is -0.614. The van der Waals surface area contributed by atoms with Crippen molar-refractivity contribution < 1.29 is 5.11 Å². The highest BCUT2D eigenvalue weighted by atomic mass is 16.3. The van der Waals surface area contributed by atoms with Crippen molar-refractivity contribution in [1.29, 1.82) is 0 Å². The van der Waals surface area contributed by atoms with E-state index in [2.05, 4.69) is 16.9 Å². The topological polar surface area (TPSA) is 46.0 Å². The lowest BCUT2D eigenvalue weighted by Gasteiger charge is -2.08. The van der Waals surface area contributed by atoms with E-state index in [1.807, 2.05) is 0 Å². The average molecular weight is 178 g/mol. The van der Waals surface area contributed by atoms with Gasteiger partial charge in [-0.05, 0) is 18.8 Å². The van der Waals surface area contributed by atoms with Crippen LogP contribution in [0.2, 0.25) is 0 Å². The fraction of sp³-hybridized carbons (Fsp3) is 0.600. The van der Waals surface area contributed by atoms with Crippen LogP contribution < -0.4 is 0 Å². The van der Waals surface area contributed by atoms with E-state index in [1.54, 1.807) is 12.4 Å². The molecule has 1 aromatic heterocycles. The van der Waals surface area contributed by atoms with Gasteiger partial charge in [0.25, 0.3) is 0 Å². The monoisotopic (exact) mass is 178 g/mol. The van der Waals surface area contributed by atoms with Crippen LogP contribution in [0.25, 0.3) is 0 Å². The van der Waals surface area contributed by atoms with E-state index in [0.717, 1.165) is 24.8 Å². The Balaban J connectivity index is 2.11. The second kappa shape index (κ2) is 3.07. The van der Waals surface area contributed by atoms with Crippen molar-refractivity contribution in [3.8, 4) is 0 Å². The molecule has 0 bridgehead atoms. The van der Waals surface area contributed by atoms with Gasteiger partial charge in [-0.1, -0.05) is 13.3 Å². The largest absolute Gasteiger partial charge is 0.385 e. The molecule has 0 radical (unpaired) electrons. The summed E-state index contributed by atoms with van der Waals surface area (Å²) >= 11 is 0. The molecule has 70 valence electrons. The normalized spacial score (nSPS) is 31.7. The standard InChI is InChI=1S/C10H14N2O/c1-2-3-8-4-10(8,13)9-5-11-7-12-6-9/h5-8,13H,2-4H2,1H3. The van der Waals surface area contributed by atoms with Crippen LogP contribution in [0.1, 0.15) is 31.7 Å². The molecular weight excluding hydrogens is 164 g/mol. The maximum atomic E-state index is 10.1. The average Bonchev–Trinajstić information content (AvgIpc) is 2.81. The highest BCUT2D eigenvalue weighted by Gasteiger charge is 2.53. The second-order valence-corrected chi connectivity index (χ2v) is 3.74. The Kier molecular flexibility index (Phi) is 2.04. The van der Waals surface area contributed by atoms with E-state index >= 15 is 0 Å². The summed E-state index contributed by atoms with van der Waals surface area (Å²) in [5.41, 5.74) is 0.255. The zero-order valence-electron chi connectivity index (χ0n) is 7.77. The maximum Gasteiger partial charge on any atom is 0.115 e. The third-order valence-electron chi connectivity index (χ3n) is 2.77. The lowest BCUT2D eigenvalue weighted by atomic mass is 10.1. The summed E-state index contributed by atoms with van der Waals surface area (Å²) in [7, 11) is 0. The van der Waals surface area contributed by atoms with Gasteiger partial charge in [0.1, 0.15) is 6.33 Å². The van der Waals surface area contributed by atoms with Crippen LogP contribution in [0.15, 0.2) is 18.7 Å². The lowest BCUT2D eigenvalue weighted by Crippen LogP contribution is -2.09. The summed E-state index contributed by atoms with van der Waals surface area (Å²) in [6.45, 7) is 2.14. The highest BCUT2D eigenvalue weighted by Crippen LogP contribution is 2.53. The molecule has 0 spiro atoms. The van der Waals surface area contributed by atoms with Crippen molar-refractivity contribution in [3.63, 3.8) is 0 Å². The Hall–Kier alpha value is -0.960. The molecule has 1 saturated carbocycles. The van der Waals surface area contributed by atoms with Gasteiger partial charge in [0.2, 0.25) is 0 Å². The lowest BCUT2D eigenvalue weighted by molar-refractivity contribution is 0.128. The third kappa shape index (κ3) is 1.44. The first-order valence-electron chi connectivity index (χ1n) is 4.75. The van der Waals surface area contributed by atoms with Gasteiger partial charge < -0.3 is 5.11 Å². The van der Waals surface area contributed by atoms with Gasteiger partial charge >= 0.3 is 0 Å². The van der Waals surface area contributed by atoms with E-state index in [-0.39, 0.29) is 0 Å². The number of aromatic nitrogens is 2. The van der Waals surface area contributed by atoms with Crippen LogP contribution in [-0.4, -0.2) is 15.1 Å². The Morgan fingerprint density at radius 2 is 2.23 bits per heavy atom. The molecule has 1 aliphatic rings. The van der Waals surface area contributed by atoms with Crippen LogP contribution in [-0.2, 0) is 5.60 Å². The van der Waals surface area contributed by atoms with E-state index in [0.29, 0.717) is 5.92 Å². The van der Waals surface area contributed by atoms with Gasteiger partial charge in [0.15, 0.2) is 0 Å². The Morgan fingerprint density at radius 1 is 1.54 bits per heavy atom. The molecule has 0 amide bonds. The molecular formula is C10H14N2O. The molecule has 1 N–H and O–H groups in total. The van der Waals surface area contributed by atoms with Crippen molar-refractivity contribution in [1.82, 2.24) is 9.97 Å². The van der Waals surface area contributed by atoms with Gasteiger partial charge in [-0.3, -0.25) is 0 Å². The predicted octanol–water partition coefficient (Wildman–Crippen LogP) is 1.48. The summed E-state index contributed by atoms with van der Waals surface area (Å²) in [5.74, 6) is 0.420. The minimum absolute atomic E-state index is 0.420. The summed E-state index contributed by atoms with van der Waals surface area (Å²) in [5, 5.41) is 10.1. The molecule has 13 heavy (non-hydrogen) atoms. The quantitative estimate of drug-likeness (QED) is 0.762. The van der Waals surface area contributed by atoms with Crippen molar-refractivity contribution in [3.05, 3.63) is 24.3 Å². The summed E-state index contributed by atoms with van der Waals surface area (Å²) in [4.78, 5) is 7.83. The van der Waals surface area contributed by atoms with Crippen LogP contribution in [0.3, 0.4) is 0 Å². The fourth-order valence-corrected chi connectivity index (χ4v) is 1.88. The molecule has 1 fully saturated rings. The Labute approximate surface area is 77.8 Å². The number of rotatable bonds is 3. The van der Waals surface area contributed by atoms with Gasteiger partial charge in [0, 0.05) is 18.0 Å². The first-order chi connectivity index (χ1) is 6.27. The molecule has 2 atom stereocenters. The first kappa shape index (κ1) is 8.63. The minimum Gasteiger partial charge on any atom is -0.385 e. The van der Waals surface area contributed by atoms with Crippen LogP contribution in [0, 0.1) is 5.92 Å². The Bertz CT molecular complexity index is 288. The van der Waals surface area contributed by atoms with E-state index < -0.39 is 5.60 Å². The summed E-state index contributed by atoms with van der Waals surface area (Å²) in [6, 6.07) is 0. The molecule has 0 saturated heterocycles. The SMILES string of the molecule is CCCC1CC1(O)c1cncnc1. The molecule has 2 rings (SSSR count). The molecule has 0 aliphatic heterocycles. The highest BCUT2D eigenvalue weighted by molar-refractivity contribution is 5.24. The van der Waals surface area contributed by atoms with E-state index in [1.165, 1.54) is 6.33 Å². The van der Waals surface area contributed by atoms with E-state index in [4.69, 9.17) is 0 Å².